The minimum atomic E-state index is -0.252. The number of nitrogens with one attached hydrogen (secondary N) is 2. The Morgan fingerprint density at radius 2 is 2.36 bits per heavy atom. The van der Waals surface area contributed by atoms with Crippen LogP contribution in [0.2, 0.25) is 0 Å². The van der Waals surface area contributed by atoms with Gasteiger partial charge in [-0.25, -0.2) is 4.98 Å². The number of hydrogen-bond donors (Lipinski definition) is 2. The average Bonchev–Trinajstić information content (AvgIpc) is 3.36. The normalized spacial score (nSPS) is 17.0. The minimum absolute atomic E-state index is 0. The van der Waals surface area contributed by atoms with Crippen LogP contribution in [-0.4, -0.2) is 33.8 Å². The predicted octanol–water partition coefficient (Wildman–Crippen LogP) is 3.20. The van der Waals surface area contributed by atoms with Gasteiger partial charge >= 0.3 is 0 Å². The molecule has 1 atom stereocenters. The lowest BCUT2D eigenvalue weighted by molar-refractivity contribution is 0.102. The Morgan fingerprint density at radius 1 is 1.44 bits per heavy atom. The largest absolute Gasteiger partial charge is 0.463 e. The number of aromatic nitrogens is 3. The van der Waals surface area contributed by atoms with Gasteiger partial charge in [0.1, 0.15) is 5.69 Å². The fraction of sp³-hybridized carbons (Fsp3) is 0.312. The lowest BCUT2D eigenvalue weighted by Gasteiger charge is -2.22. The summed E-state index contributed by atoms with van der Waals surface area (Å²) in [6, 6.07) is 5.69. The van der Waals surface area contributed by atoms with Crippen molar-refractivity contribution in [2.45, 2.75) is 18.9 Å². The first-order valence-corrected chi connectivity index (χ1v) is 8.74. The van der Waals surface area contributed by atoms with Crippen LogP contribution in [0.4, 0.5) is 5.13 Å². The van der Waals surface area contributed by atoms with E-state index in [0.29, 0.717) is 28.3 Å². The van der Waals surface area contributed by atoms with E-state index in [1.807, 2.05) is 22.3 Å². The minimum Gasteiger partial charge on any atom is -0.463 e. The van der Waals surface area contributed by atoms with Crippen LogP contribution in [-0.2, 0) is 0 Å². The molecule has 0 bridgehead atoms. The Hall–Kier alpha value is -2.16. The van der Waals surface area contributed by atoms with Gasteiger partial charge in [0.2, 0.25) is 0 Å². The number of piperidine rings is 1. The highest BCUT2D eigenvalue weighted by Crippen LogP contribution is 2.25. The van der Waals surface area contributed by atoms with Gasteiger partial charge in [0.15, 0.2) is 16.6 Å². The first-order valence-electron chi connectivity index (χ1n) is 7.86. The molecule has 1 aliphatic rings. The van der Waals surface area contributed by atoms with Crippen LogP contribution in [0, 0.1) is 0 Å². The topological polar surface area (TPSA) is 85.0 Å². The lowest BCUT2D eigenvalue weighted by Crippen LogP contribution is -2.32. The van der Waals surface area contributed by atoms with Crippen LogP contribution in [0.15, 0.2) is 40.5 Å². The van der Waals surface area contributed by atoms with E-state index < -0.39 is 0 Å². The molecule has 9 heteroatoms. The second-order valence-corrected chi connectivity index (χ2v) is 6.51. The molecule has 3 aromatic rings. The van der Waals surface area contributed by atoms with E-state index in [1.165, 1.54) is 11.3 Å². The highest BCUT2D eigenvalue weighted by atomic mass is 35.5. The van der Waals surface area contributed by atoms with E-state index >= 15 is 0 Å². The SMILES string of the molecule is Cl.O=C(Nc1nc(-c2ccco2)cs1)c1ccn(C2CCCNC2)n1. The summed E-state index contributed by atoms with van der Waals surface area (Å²) in [5.41, 5.74) is 1.11. The van der Waals surface area contributed by atoms with Crippen molar-refractivity contribution < 1.29 is 9.21 Å². The maximum absolute atomic E-state index is 12.3. The van der Waals surface area contributed by atoms with Crippen molar-refractivity contribution in [3.8, 4) is 11.5 Å². The van der Waals surface area contributed by atoms with E-state index in [0.717, 1.165) is 25.9 Å². The number of rotatable bonds is 4. The van der Waals surface area contributed by atoms with Crippen molar-refractivity contribution in [2.75, 3.05) is 18.4 Å². The second kappa shape index (κ2) is 7.81. The number of furan rings is 1. The van der Waals surface area contributed by atoms with Gasteiger partial charge in [0, 0.05) is 18.1 Å². The lowest BCUT2D eigenvalue weighted by atomic mass is 10.1. The fourth-order valence-corrected chi connectivity index (χ4v) is 3.45. The van der Waals surface area contributed by atoms with Crippen molar-refractivity contribution in [1.29, 1.82) is 0 Å². The molecule has 2 N–H and O–H groups in total. The van der Waals surface area contributed by atoms with Gasteiger partial charge in [0.05, 0.1) is 12.3 Å². The van der Waals surface area contributed by atoms with E-state index in [4.69, 9.17) is 4.42 Å². The van der Waals surface area contributed by atoms with Crippen LogP contribution in [0.1, 0.15) is 29.4 Å². The first kappa shape index (κ1) is 17.7. The number of anilines is 1. The van der Waals surface area contributed by atoms with E-state index in [1.54, 1.807) is 18.4 Å². The summed E-state index contributed by atoms with van der Waals surface area (Å²) in [7, 11) is 0. The number of halogens is 1. The van der Waals surface area contributed by atoms with Gasteiger partial charge in [-0.2, -0.15) is 5.10 Å². The van der Waals surface area contributed by atoms with Crippen LogP contribution in [0.25, 0.3) is 11.5 Å². The maximum Gasteiger partial charge on any atom is 0.277 e. The molecule has 3 aromatic heterocycles. The fourth-order valence-electron chi connectivity index (χ4n) is 2.75. The van der Waals surface area contributed by atoms with Crippen LogP contribution >= 0.6 is 23.7 Å². The van der Waals surface area contributed by atoms with Crippen molar-refractivity contribution in [2.24, 2.45) is 0 Å². The number of nitrogens with zero attached hydrogens (tertiary/aromatic N) is 3. The van der Waals surface area contributed by atoms with E-state index in [9.17, 15) is 4.79 Å². The summed E-state index contributed by atoms with van der Waals surface area (Å²) < 4.78 is 7.18. The Balaban J connectivity index is 0.00000182. The summed E-state index contributed by atoms with van der Waals surface area (Å²) >= 11 is 1.36. The molecular weight excluding hydrogens is 362 g/mol. The second-order valence-electron chi connectivity index (χ2n) is 5.65. The van der Waals surface area contributed by atoms with Crippen molar-refractivity contribution in [3.63, 3.8) is 0 Å². The Kier molecular flexibility index (Phi) is 5.52. The Morgan fingerprint density at radius 3 is 3.12 bits per heavy atom. The molecule has 0 aliphatic carbocycles. The predicted molar refractivity (Wildman–Crippen MR) is 98.4 cm³/mol. The first-order chi connectivity index (χ1) is 11.8. The molecule has 25 heavy (non-hydrogen) atoms. The zero-order chi connectivity index (χ0) is 16.4. The third kappa shape index (κ3) is 3.92. The number of carbonyl (C=O) groups excluding carboxylic acids is 1. The highest BCUT2D eigenvalue weighted by molar-refractivity contribution is 7.14. The van der Waals surface area contributed by atoms with Crippen molar-refractivity contribution in [3.05, 3.63) is 41.7 Å². The van der Waals surface area contributed by atoms with Gasteiger partial charge < -0.3 is 9.73 Å². The molecule has 0 spiro atoms. The van der Waals surface area contributed by atoms with Gasteiger partial charge in [-0.1, -0.05) is 0 Å². The molecule has 0 aromatic carbocycles. The quantitative estimate of drug-likeness (QED) is 0.727. The van der Waals surface area contributed by atoms with Gasteiger partial charge in [-0.15, -0.1) is 23.7 Å². The number of thiazole rings is 1. The smallest absolute Gasteiger partial charge is 0.277 e. The zero-order valence-electron chi connectivity index (χ0n) is 13.3. The summed E-state index contributed by atoms with van der Waals surface area (Å²) in [6.45, 7) is 1.94. The highest BCUT2D eigenvalue weighted by Gasteiger charge is 2.18. The molecule has 4 rings (SSSR count). The molecule has 1 amide bonds. The molecule has 7 nitrogen and oxygen atoms in total. The van der Waals surface area contributed by atoms with Crippen LogP contribution in [0.3, 0.4) is 0 Å². The Labute approximate surface area is 154 Å². The standard InChI is InChI=1S/C16H17N5O2S.ClH/c22-15(12-5-7-21(20-12)11-3-1-6-17-9-11)19-16-18-13(10-24-16)14-4-2-8-23-14;/h2,4-5,7-8,10-11,17H,1,3,6,9H2,(H,18,19,22);1H. The Bertz CT molecular complexity index is 823. The molecule has 0 saturated carbocycles. The summed E-state index contributed by atoms with van der Waals surface area (Å²) in [6.07, 6.45) is 5.66. The third-order valence-corrected chi connectivity index (χ3v) is 4.74. The van der Waals surface area contributed by atoms with Crippen LogP contribution in [0.5, 0.6) is 0 Å². The molecule has 1 saturated heterocycles. The average molecular weight is 380 g/mol. The van der Waals surface area contributed by atoms with Crippen molar-refractivity contribution >= 4 is 34.8 Å². The number of carbonyl (C=O) groups is 1. The number of hydrogen-bond acceptors (Lipinski definition) is 6. The summed E-state index contributed by atoms with van der Waals surface area (Å²) in [5, 5.41) is 12.9. The van der Waals surface area contributed by atoms with Crippen molar-refractivity contribution in [1.82, 2.24) is 20.1 Å². The molecule has 1 fully saturated rings. The third-order valence-electron chi connectivity index (χ3n) is 3.98. The molecule has 0 radical (unpaired) electrons. The number of amides is 1. The van der Waals surface area contributed by atoms with E-state index in [-0.39, 0.29) is 18.3 Å². The monoisotopic (exact) mass is 379 g/mol. The molecule has 4 heterocycles. The van der Waals surface area contributed by atoms with Gasteiger partial charge in [0.25, 0.3) is 5.91 Å². The maximum atomic E-state index is 12.3. The van der Waals surface area contributed by atoms with Gasteiger partial charge in [-0.05, 0) is 37.6 Å². The zero-order valence-corrected chi connectivity index (χ0v) is 15.0. The molecule has 1 aliphatic heterocycles. The molecule has 1 unspecified atom stereocenters. The molecule has 132 valence electrons. The van der Waals surface area contributed by atoms with E-state index in [2.05, 4.69) is 20.7 Å². The summed E-state index contributed by atoms with van der Waals surface area (Å²) in [5.74, 6) is 0.429. The molecular formula is C16H18ClN5O2S. The van der Waals surface area contributed by atoms with Gasteiger partial charge in [-0.3, -0.25) is 14.8 Å². The van der Waals surface area contributed by atoms with Crippen LogP contribution < -0.4 is 10.6 Å². The summed E-state index contributed by atoms with van der Waals surface area (Å²) in [4.78, 5) is 16.7.